The fraction of sp³-hybridized carbons (Fsp3) is 0.333. The number of fused-ring (bicyclic) bond motifs is 2. The number of halogens is 2. The van der Waals surface area contributed by atoms with Gasteiger partial charge >= 0.3 is 5.97 Å². The zero-order valence-corrected chi connectivity index (χ0v) is 26.5. The number of carbonyl (C=O) groups is 2. The van der Waals surface area contributed by atoms with Crippen molar-refractivity contribution < 1.29 is 33.0 Å². The van der Waals surface area contributed by atoms with Crippen molar-refractivity contribution in [1.82, 2.24) is 34.7 Å². The lowest BCUT2D eigenvalue weighted by Crippen LogP contribution is -2.29. The van der Waals surface area contributed by atoms with E-state index >= 15 is 4.39 Å². The topological polar surface area (TPSA) is 146 Å². The van der Waals surface area contributed by atoms with Gasteiger partial charge in [0, 0.05) is 35.0 Å². The van der Waals surface area contributed by atoms with E-state index in [0.29, 0.717) is 47.4 Å². The minimum atomic E-state index is -1.49. The van der Waals surface area contributed by atoms with Gasteiger partial charge in [0.15, 0.2) is 29.0 Å². The molecule has 0 unspecified atom stereocenters. The third-order valence-electron chi connectivity index (χ3n) is 7.84. The van der Waals surface area contributed by atoms with Crippen LogP contribution in [0.25, 0.3) is 22.6 Å². The van der Waals surface area contributed by atoms with Gasteiger partial charge < -0.3 is 19.9 Å². The van der Waals surface area contributed by atoms with Gasteiger partial charge in [-0.2, -0.15) is 10.2 Å². The number of aryl methyl sites for hydroxylation is 1. The molecule has 12 nitrogen and oxygen atoms in total. The van der Waals surface area contributed by atoms with Gasteiger partial charge in [0.25, 0.3) is 5.91 Å². The SMILES string of the molecule is Cc1nc2cc(C(=O)NCc3ccc(F)c(-n4cncn4)c3)nn2c(-c2cc(F)c3c(c2C)CCCO3)c1[C@H](OC(C)(C)C)C(=O)O. The number of amides is 1. The minimum absolute atomic E-state index is 0.0167. The smallest absolute Gasteiger partial charge is 0.337 e. The Morgan fingerprint density at radius 3 is 2.64 bits per heavy atom. The van der Waals surface area contributed by atoms with Crippen molar-refractivity contribution in [3.8, 4) is 22.7 Å². The molecule has 1 aliphatic heterocycles. The predicted molar refractivity (Wildman–Crippen MR) is 165 cm³/mol. The molecule has 6 rings (SSSR count). The van der Waals surface area contributed by atoms with Gasteiger partial charge in [-0.25, -0.2) is 32.7 Å². The highest BCUT2D eigenvalue weighted by Gasteiger charge is 2.35. The Labute approximate surface area is 268 Å². The first kappa shape index (κ1) is 31.7. The number of carboxylic acids is 1. The van der Waals surface area contributed by atoms with Crippen molar-refractivity contribution in [2.45, 2.75) is 65.7 Å². The number of carboxylic acid groups (broad SMARTS) is 1. The lowest BCUT2D eigenvalue weighted by molar-refractivity contribution is -0.160. The number of hydrogen-bond donors (Lipinski definition) is 2. The molecular weight excluding hydrogens is 612 g/mol. The van der Waals surface area contributed by atoms with E-state index in [1.807, 2.05) is 6.92 Å². The van der Waals surface area contributed by atoms with E-state index in [9.17, 15) is 19.1 Å². The average molecular weight is 646 g/mol. The molecule has 47 heavy (non-hydrogen) atoms. The van der Waals surface area contributed by atoms with Crippen LogP contribution in [0.2, 0.25) is 0 Å². The van der Waals surface area contributed by atoms with Gasteiger partial charge in [-0.05, 0) is 76.8 Å². The Morgan fingerprint density at radius 1 is 1.15 bits per heavy atom. The molecule has 3 aromatic heterocycles. The maximum atomic E-state index is 15.6. The number of aromatic nitrogens is 6. The van der Waals surface area contributed by atoms with E-state index in [2.05, 4.69) is 25.5 Å². The van der Waals surface area contributed by atoms with Crippen LogP contribution in [0.4, 0.5) is 8.78 Å². The van der Waals surface area contributed by atoms with Crippen LogP contribution in [0.15, 0.2) is 43.0 Å². The van der Waals surface area contributed by atoms with Gasteiger partial charge in [-0.3, -0.25) is 4.79 Å². The highest BCUT2D eigenvalue weighted by atomic mass is 19.1. The number of nitrogens with zero attached hydrogens (tertiary/aromatic N) is 6. The van der Waals surface area contributed by atoms with E-state index in [1.165, 1.54) is 46.1 Å². The number of benzene rings is 2. The molecule has 4 heterocycles. The molecule has 1 amide bonds. The fourth-order valence-corrected chi connectivity index (χ4v) is 5.76. The predicted octanol–water partition coefficient (Wildman–Crippen LogP) is 5.07. The molecule has 0 spiro atoms. The number of aliphatic carboxylic acids is 1. The number of hydrogen-bond acceptors (Lipinski definition) is 8. The first-order valence-corrected chi connectivity index (χ1v) is 15.0. The molecule has 0 fully saturated rings. The van der Waals surface area contributed by atoms with E-state index in [1.54, 1.807) is 33.8 Å². The number of rotatable bonds is 8. The standard InChI is InChI=1S/C33H33F2N7O5/c1-17-20-7-6-10-46-29(20)23(35)12-21(17)28-27(30(32(44)45)47-33(3,4)5)18(2)39-26-13-24(40-42(26)28)31(43)37-14-19-8-9-22(34)25(11-19)41-16-36-15-38-41/h8-9,11-13,15-16,30H,6-7,10,14H2,1-5H3,(H,37,43)(H,44,45)/t30-/m0/s1. The number of carbonyl (C=O) groups excluding carboxylic acids is 1. The van der Waals surface area contributed by atoms with Crippen molar-refractivity contribution in [2.24, 2.45) is 0 Å². The maximum absolute atomic E-state index is 15.6. The lowest BCUT2D eigenvalue weighted by Gasteiger charge is -2.28. The van der Waals surface area contributed by atoms with Crippen LogP contribution in [0.1, 0.15) is 71.7 Å². The molecule has 1 atom stereocenters. The van der Waals surface area contributed by atoms with E-state index < -0.39 is 35.2 Å². The second-order valence-corrected chi connectivity index (χ2v) is 12.3. The van der Waals surface area contributed by atoms with Gasteiger partial charge in [-0.1, -0.05) is 6.07 Å². The van der Waals surface area contributed by atoms with E-state index in [0.717, 1.165) is 0 Å². The zero-order chi connectivity index (χ0) is 33.6. The van der Waals surface area contributed by atoms with E-state index in [-0.39, 0.29) is 40.6 Å². The van der Waals surface area contributed by atoms with Crippen LogP contribution in [0, 0.1) is 25.5 Å². The summed E-state index contributed by atoms with van der Waals surface area (Å²) in [4.78, 5) is 34.6. The molecule has 244 valence electrons. The molecule has 0 saturated carbocycles. The van der Waals surface area contributed by atoms with Gasteiger partial charge in [0.05, 0.1) is 17.9 Å². The second-order valence-electron chi connectivity index (χ2n) is 12.3. The normalized spacial score (nSPS) is 13.7. The van der Waals surface area contributed by atoms with Crippen LogP contribution in [-0.2, 0) is 22.5 Å². The Balaban J connectivity index is 1.45. The average Bonchev–Trinajstić information content (AvgIpc) is 3.71. The first-order chi connectivity index (χ1) is 22.3. The Morgan fingerprint density at radius 2 is 1.94 bits per heavy atom. The highest BCUT2D eigenvalue weighted by molar-refractivity contribution is 5.93. The monoisotopic (exact) mass is 645 g/mol. The molecule has 5 aromatic rings. The molecule has 0 radical (unpaired) electrons. The molecule has 0 saturated heterocycles. The maximum Gasteiger partial charge on any atom is 0.337 e. The third-order valence-corrected chi connectivity index (χ3v) is 7.84. The third kappa shape index (κ3) is 6.15. The summed E-state index contributed by atoms with van der Waals surface area (Å²) in [5.74, 6) is -2.75. The molecule has 14 heteroatoms. The largest absolute Gasteiger partial charge is 0.490 e. The van der Waals surface area contributed by atoms with Crippen LogP contribution in [0.3, 0.4) is 0 Å². The lowest BCUT2D eigenvalue weighted by atomic mass is 9.91. The Bertz CT molecular complexity index is 2020. The number of nitrogens with one attached hydrogen (secondary N) is 1. The summed E-state index contributed by atoms with van der Waals surface area (Å²) in [6.07, 6.45) is 2.43. The summed E-state index contributed by atoms with van der Waals surface area (Å²) < 4.78 is 44.3. The van der Waals surface area contributed by atoms with Gasteiger partial charge in [0.1, 0.15) is 24.2 Å². The zero-order valence-electron chi connectivity index (χ0n) is 26.5. The molecule has 1 aliphatic rings. The van der Waals surface area contributed by atoms with Crippen molar-refractivity contribution >= 4 is 17.5 Å². The van der Waals surface area contributed by atoms with Crippen molar-refractivity contribution in [3.63, 3.8) is 0 Å². The van der Waals surface area contributed by atoms with Gasteiger partial charge in [-0.15, -0.1) is 0 Å². The Kier molecular flexibility index (Phi) is 8.22. The molecule has 0 aliphatic carbocycles. The minimum Gasteiger partial charge on any atom is -0.490 e. The van der Waals surface area contributed by atoms with Crippen molar-refractivity contribution in [3.05, 3.63) is 88.3 Å². The summed E-state index contributed by atoms with van der Waals surface area (Å²) in [6.45, 7) is 9.09. The van der Waals surface area contributed by atoms with Gasteiger partial charge in [0.2, 0.25) is 0 Å². The molecule has 0 bridgehead atoms. The number of ether oxygens (including phenoxy) is 2. The van der Waals surface area contributed by atoms with Crippen molar-refractivity contribution in [1.29, 1.82) is 0 Å². The van der Waals surface area contributed by atoms with Crippen LogP contribution < -0.4 is 10.1 Å². The molecule has 2 aromatic carbocycles. The summed E-state index contributed by atoms with van der Waals surface area (Å²) >= 11 is 0. The van der Waals surface area contributed by atoms with Crippen molar-refractivity contribution in [2.75, 3.05) is 6.61 Å². The second kappa shape index (κ2) is 12.2. The highest BCUT2D eigenvalue weighted by Crippen LogP contribution is 2.41. The summed E-state index contributed by atoms with van der Waals surface area (Å²) in [5.41, 5.74) is 2.61. The van der Waals surface area contributed by atoms with Crippen LogP contribution in [-0.4, -0.2) is 58.6 Å². The van der Waals surface area contributed by atoms with Crippen LogP contribution >= 0.6 is 0 Å². The molecular formula is C33H33F2N7O5. The quantitative estimate of drug-likeness (QED) is 0.236. The van der Waals surface area contributed by atoms with E-state index in [4.69, 9.17) is 9.47 Å². The Hall–Kier alpha value is -5.24. The summed E-state index contributed by atoms with van der Waals surface area (Å²) in [5, 5.41) is 21.7. The fourth-order valence-electron chi connectivity index (χ4n) is 5.76. The summed E-state index contributed by atoms with van der Waals surface area (Å²) in [6, 6.07) is 7.12. The summed E-state index contributed by atoms with van der Waals surface area (Å²) in [7, 11) is 0. The van der Waals surface area contributed by atoms with Crippen LogP contribution in [0.5, 0.6) is 5.75 Å². The first-order valence-electron chi connectivity index (χ1n) is 15.0. The molecule has 2 N–H and O–H groups in total.